The number of carbonyl (C=O) groups excluding carboxylic acids is 1. The first kappa shape index (κ1) is 17.7. The van der Waals surface area contributed by atoms with E-state index in [1.165, 1.54) is 12.1 Å². The van der Waals surface area contributed by atoms with Crippen LogP contribution in [0.1, 0.15) is 21.5 Å². The summed E-state index contributed by atoms with van der Waals surface area (Å²) in [5.41, 5.74) is 1.84. The number of carbonyl (C=O) groups is 1. The van der Waals surface area contributed by atoms with Gasteiger partial charge in [-0.05, 0) is 35.9 Å². The summed E-state index contributed by atoms with van der Waals surface area (Å²) in [6, 6.07) is 21.2. The van der Waals surface area contributed by atoms with E-state index in [-0.39, 0.29) is 11.5 Å². The number of hydrogen-bond donors (Lipinski definition) is 0. The third-order valence-corrected chi connectivity index (χ3v) is 4.29. The average molecular weight is 372 g/mol. The smallest absolute Gasteiger partial charge is 0.231 e. The third kappa shape index (κ3) is 3.86. The first-order valence-electron chi connectivity index (χ1n) is 8.88. The molecule has 0 aliphatic carbocycles. The minimum atomic E-state index is -0.406. The van der Waals surface area contributed by atoms with Crippen molar-refractivity contribution in [2.24, 2.45) is 0 Å². The van der Waals surface area contributed by atoms with Gasteiger partial charge in [-0.3, -0.25) is 4.79 Å². The van der Waals surface area contributed by atoms with E-state index >= 15 is 0 Å². The molecule has 4 heteroatoms. The lowest BCUT2D eigenvalue weighted by atomic mass is 10.1. The van der Waals surface area contributed by atoms with Crippen molar-refractivity contribution in [3.63, 3.8) is 0 Å². The molecule has 1 aliphatic heterocycles. The Labute approximate surface area is 162 Å². The number of fused-ring (bicyclic) bond motifs is 1. The number of rotatable bonds is 5. The Morgan fingerprint density at radius 3 is 2.57 bits per heavy atom. The molecule has 1 heterocycles. The molecule has 0 atom stereocenters. The minimum Gasteiger partial charge on any atom is -0.489 e. The van der Waals surface area contributed by atoms with E-state index in [1.807, 2.05) is 42.5 Å². The SMILES string of the molecule is O=C1C(=Cc2ccccc2F)Oc2cc(OCC=Cc3ccccc3)ccc21. The van der Waals surface area contributed by atoms with Gasteiger partial charge in [0.2, 0.25) is 5.78 Å². The zero-order valence-electron chi connectivity index (χ0n) is 15.0. The molecule has 0 N–H and O–H groups in total. The fraction of sp³-hybridized carbons (Fsp3) is 0.0417. The van der Waals surface area contributed by atoms with Gasteiger partial charge in [0.1, 0.15) is 23.9 Å². The molecule has 28 heavy (non-hydrogen) atoms. The van der Waals surface area contributed by atoms with Crippen molar-refractivity contribution in [3.8, 4) is 11.5 Å². The zero-order chi connectivity index (χ0) is 19.3. The molecular formula is C24H17FO3. The van der Waals surface area contributed by atoms with Gasteiger partial charge >= 0.3 is 0 Å². The molecule has 3 aromatic rings. The van der Waals surface area contributed by atoms with Gasteiger partial charge in [0.25, 0.3) is 0 Å². The van der Waals surface area contributed by atoms with Crippen LogP contribution >= 0.6 is 0 Å². The Morgan fingerprint density at radius 2 is 1.75 bits per heavy atom. The molecule has 0 radical (unpaired) electrons. The molecule has 0 amide bonds. The molecule has 0 unspecified atom stereocenters. The van der Waals surface area contributed by atoms with Crippen LogP contribution in [0.25, 0.3) is 12.2 Å². The Morgan fingerprint density at radius 1 is 0.964 bits per heavy atom. The molecule has 0 saturated carbocycles. The van der Waals surface area contributed by atoms with Crippen LogP contribution in [-0.2, 0) is 0 Å². The van der Waals surface area contributed by atoms with E-state index in [4.69, 9.17) is 9.47 Å². The van der Waals surface area contributed by atoms with E-state index in [9.17, 15) is 9.18 Å². The summed E-state index contributed by atoms with van der Waals surface area (Å²) in [5.74, 6) is 0.431. The quantitative estimate of drug-likeness (QED) is 0.552. The predicted molar refractivity (Wildman–Crippen MR) is 107 cm³/mol. The topological polar surface area (TPSA) is 35.5 Å². The van der Waals surface area contributed by atoms with Crippen molar-refractivity contribution in [2.75, 3.05) is 6.61 Å². The minimum absolute atomic E-state index is 0.0984. The van der Waals surface area contributed by atoms with Crippen molar-refractivity contribution < 1.29 is 18.7 Å². The predicted octanol–water partition coefficient (Wildman–Crippen LogP) is 5.53. The van der Waals surface area contributed by atoms with Crippen molar-refractivity contribution in [1.29, 1.82) is 0 Å². The lowest BCUT2D eigenvalue weighted by Crippen LogP contribution is -1.98. The van der Waals surface area contributed by atoms with Gasteiger partial charge in [0.05, 0.1) is 5.56 Å². The Bertz CT molecular complexity index is 1070. The molecule has 3 nitrogen and oxygen atoms in total. The van der Waals surface area contributed by atoms with Gasteiger partial charge in [0.15, 0.2) is 5.76 Å². The summed E-state index contributed by atoms with van der Waals surface area (Å²) in [5, 5.41) is 0. The molecule has 3 aromatic carbocycles. The zero-order valence-corrected chi connectivity index (χ0v) is 15.0. The van der Waals surface area contributed by atoms with Crippen LogP contribution in [0.15, 0.2) is 84.6 Å². The van der Waals surface area contributed by atoms with E-state index in [0.29, 0.717) is 29.2 Å². The van der Waals surface area contributed by atoms with Gasteiger partial charge in [-0.2, -0.15) is 0 Å². The van der Waals surface area contributed by atoms with Crippen molar-refractivity contribution in [3.05, 3.63) is 107 Å². The molecule has 1 aliphatic rings. The number of benzene rings is 3. The van der Waals surface area contributed by atoms with Gasteiger partial charge in [-0.25, -0.2) is 4.39 Å². The normalized spacial score (nSPS) is 14.3. The molecule has 0 bridgehead atoms. The molecular weight excluding hydrogens is 355 g/mol. The van der Waals surface area contributed by atoms with Crippen LogP contribution in [0.3, 0.4) is 0 Å². The maximum Gasteiger partial charge on any atom is 0.231 e. The second-order valence-electron chi connectivity index (χ2n) is 6.24. The molecule has 0 saturated heterocycles. The first-order valence-corrected chi connectivity index (χ1v) is 8.88. The summed E-state index contributed by atoms with van der Waals surface area (Å²) >= 11 is 0. The van der Waals surface area contributed by atoms with Crippen LogP contribution in [0, 0.1) is 5.82 Å². The Balaban J connectivity index is 1.45. The number of ether oxygens (including phenoxy) is 2. The maximum atomic E-state index is 13.8. The average Bonchev–Trinajstić information content (AvgIpc) is 3.03. The Hall–Kier alpha value is -3.66. The van der Waals surface area contributed by atoms with Gasteiger partial charge in [-0.1, -0.05) is 54.6 Å². The first-order chi connectivity index (χ1) is 13.7. The van der Waals surface area contributed by atoms with Crippen LogP contribution in [-0.4, -0.2) is 12.4 Å². The number of Topliss-reactive ketones (excluding diaryl/α,β-unsaturated/α-hetero) is 1. The summed E-state index contributed by atoms with van der Waals surface area (Å²) in [6.45, 7) is 0.388. The van der Waals surface area contributed by atoms with Crippen molar-refractivity contribution in [2.45, 2.75) is 0 Å². The highest BCUT2D eigenvalue weighted by molar-refractivity contribution is 6.14. The third-order valence-electron chi connectivity index (χ3n) is 4.29. The van der Waals surface area contributed by atoms with E-state index in [0.717, 1.165) is 5.56 Å². The standard InChI is InChI=1S/C24H17FO3/c25-21-11-5-4-10-18(21)15-23-24(26)20-13-12-19(16-22(20)28-23)27-14-6-9-17-7-2-1-3-8-17/h1-13,15-16H,14H2. The second kappa shape index (κ2) is 7.92. The Kier molecular flexibility index (Phi) is 5.02. The van der Waals surface area contributed by atoms with E-state index in [1.54, 1.807) is 36.4 Å². The highest BCUT2D eigenvalue weighted by Crippen LogP contribution is 2.35. The van der Waals surface area contributed by atoms with E-state index in [2.05, 4.69) is 0 Å². The summed E-state index contributed by atoms with van der Waals surface area (Å²) < 4.78 is 25.2. The highest BCUT2D eigenvalue weighted by atomic mass is 19.1. The van der Waals surface area contributed by atoms with Crippen molar-refractivity contribution in [1.82, 2.24) is 0 Å². The molecule has 4 rings (SSSR count). The lowest BCUT2D eigenvalue weighted by Gasteiger charge is -2.04. The van der Waals surface area contributed by atoms with Gasteiger partial charge in [0, 0.05) is 11.6 Å². The maximum absolute atomic E-state index is 13.8. The van der Waals surface area contributed by atoms with E-state index < -0.39 is 5.82 Å². The number of ketones is 1. The molecule has 0 aromatic heterocycles. The van der Waals surface area contributed by atoms with Crippen molar-refractivity contribution >= 4 is 17.9 Å². The van der Waals surface area contributed by atoms with Gasteiger partial charge in [-0.15, -0.1) is 0 Å². The molecule has 0 spiro atoms. The number of allylic oxidation sites excluding steroid dienone is 1. The summed E-state index contributed by atoms with van der Waals surface area (Å²) in [7, 11) is 0. The molecule has 138 valence electrons. The molecule has 0 fully saturated rings. The number of halogens is 1. The fourth-order valence-corrected chi connectivity index (χ4v) is 2.88. The second-order valence-corrected chi connectivity index (χ2v) is 6.24. The summed E-state index contributed by atoms with van der Waals surface area (Å²) in [4.78, 5) is 12.5. The fourth-order valence-electron chi connectivity index (χ4n) is 2.88. The van der Waals surface area contributed by atoms with Crippen LogP contribution in [0.2, 0.25) is 0 Å². The number of hydrogen-bond acceptors (Lipinski definition) is 3. The largest absolute Gasteiger partial charge is 0.489 e. The monoisotopic (exact) mass is 372 g/mol. The highest BCUT2D eigenvalue weighted by Gasteiger charge is 2.28. The lowest BCUT2D eigenvalue weighted by molar-refractivity contribution is 0.101. The summed E-state index contributed by atoms with van der Waals surface area (Å²) in [6.07, 6.45) is 5.31. The van der Waals surface area contributed by atoms with Crippen LogP contribution in [0.5, 0.6) is 11.5 Å². The van der Waals surface area contributed by atoms with Gasteiger partial charge < -0.3 is 9.47 Å². The van der Waals surface area contributed by atoms with Crippen LogP contribution < -0.4 is 9.47 Å². The van der Waals surface area contributed by atoms with Crippen LogP contribution in [0.4, 0.5) is 4.39 Å².